The molecule has 5 aliphatic heterocycles. The highest BCUT2D eigenvalue weighted by molar-refractivity contribution is 5.97. The normalized spacial score (nSPS) is 23.1. The van der Waals surface area contributed by atoms with E-state index >= 15 is 0 Å². The Balaban J connectivity index is 0.963. The van der Waals surface area contributed by atoms with Gasteiger partial charge in [0.15, 0.2) is 17.9 Å². The summed E-state index contributed by atoms with van der Waals surface area (Å²) in [5.41, 5.74) is 20.4. The molecule has 302 valence electrons. The van der Waals surface area contributed by atoms with Crippen LogP contribution < -0.4 is 22.5 Å². The molecule has 5 aliphatic rings. The Hall–Kier alpha value is -3.77. The summed E-state index contributed by atoms with van der Waals surface area (Å²) in [5, 5.41) is 3.49. The Kier molecular flexibility index (Phi) is 16.4. The first-order valence-corrected chi connectivity index (χ1v) is 21.4. The number of guanidine groups is 3. The summed E-state index contributed by atoms with van der Waals surface area (Å²) < 4.78 is 11.5. The first kappa shape index (κ1) is 41.4. The smallest absolute Gasteiger partial charge is 0.337 e. The van der Waals surface area contributed by atoms with Crippen molar-refractivity contribution in [3.8, 4) is 0 Å². The summed E-state index contributed by atoms with van der Waals surface area (Å²) in [6, 6.07) is 0.667. The summed E-state index contributed by atoms with van der Waals surface area (Å²) in [4.78, 5) is 44.8. The fourth-order valence-corrected chi connectivity index (χ4v) is 8.93. The Labute approximate surface area is 323 Å². The second kappa shape index (κ2) is 21.4. The number of carbonyl (C=O) groups excluding carboxylic acids is 2. The topological polar surface area (TPSA) is 186 Å². The third kappa shape index (κ3) is 11.4. The van der Waals surface area contributed by atoms with E-state index in [0.29, 0.717) is 49.8 Å². The maximum atomic E-state index is 13.3. The van der Waals surface area contributed by atoms with Gasteiger partial charge >= 0.3 is 11.9 Å². The van der Waals surface area contributed by atoms with E-state index in [1.54, 1.807) is 0 Å². The molecule has 0 aromatic heterocycles. The summed E-state index contributed by atoms with van der Waals surface area (Å²) in [6.45, 7) is 6.35. The van der Waals surface area contributed by atoms with E-state index < -0.39 is 0 Å². The van der Waals surface area contributed by atoms with Crippen LogP contribution in [0.4, 0.5) is 0 Å². The van der Waals surface area contributed by atoms with Crippen LogP contribution in [0, 0.1) is 0 Å². The van der Waals surface area contributed by atoms with Crippen molar-refractivity contribution in [1.82, 2.24) is 15.1 Å². The van der Waals surface area contributed by atoms with E-state index in [9.17, 15) is 9.59 Å². The van der Waals surface area contributed by atoms with Gasteiger partial charge in [0.05, 0.1) is 42.5 Å². The number of nitrogens with two attached hydrogens (primary N) is 3. The molecule has 13 heteroatoms. The monoisotopic (exact) mass is 752 g/mol. The van der Waals surface area contributed by atoms with Crippen LogP contribution >= 0.6 is 0 Å². The lowest BCUT2D eigenvalue weighted by atomic mass is 9.96. The molecule has 54 heavy (non-hydrogen) atoms. The zero-order chi connectivity index (χ0) is 38.3. The SMILES string of the molecule is CCCCCCCC[C@H]1C[C@H]2CC[C@H]3C(C(=O)OCCCCCCCCCC4N=C(N)N5CCCC5=C4C(=O)OCCCCN=C(N)N)=C(C)NC(=N1)N23. The molecule has 2 fully saturated rings. The maximum absolute atomic E-state index is 13.3. The fraction of sp³-hybridized carbons (Fsp3) is 0.780. The molecular formula is C41H69N9O4. The molecule has 4 atom stereocenters. The van der Waals surface area contributed by atoms with Crippen LogP contribution in [0.15, 0.2) is 37.5 Å². The molecule has 0 aromatic rings. The number of ether oxygens (including phenoxy) is 2. The lowest BCUT2D eigenvalue weighted by Crippen LogP contribution is -2.56. The van der Waals surface area contributed by atoms with Crippen LogP contribution in [0.25, 0.3) is 0 Å². The van der Waals surface area contributed by atoms with Gasteiger partial charge in [-0.3, -0.25) is 4.99 Å². The minimum Gasteiger partial charge on any atom is -0.462 e. The number of nitrogens with zero attached hydrogens (tertiary/aromatic N) is 5. The molecule has 5 heterocycles. The highest BCUT2D eigenvalue weighted by Crippen LogP contribution is 2.39. The Morgan fingerprint density at radius 1 is 0.833 bits per heavy atom. The average Bonchev–Trinajstić information content (AvgIpc) is 3.81. The first-order valence-electron chi connectivity index (χ1n) is 21.4. The van der Waals surface area contributed by atoms with E-state index in [4.69, 9.17) is 36.7 Å². The zero-order valence-electron chi connectivity index (χ0n) is 33.3. The van der Waals surface area contributed by atoms with Crippen LogP contribution in [0.5, 0.6) is 0 Å². The number of nitrogens with one attached hydrogen (secondary N) is 1. The molecule has 0 aliphatic carbocycles. The lowest BCUT2D eigenvalue weighted by Gasteiger charge is -2.42. The van der Waals surface area contributed by atoms with Crippen molar-refractivity contribution in [2.45, 2.75) is 179 Å². The van der Waals surface area contributed by atoms with Crippen molar-refractivity contribution in [3.05, 3.63) is 22.5 Å². The van der Waals surface area contributed by atoms with Gasteiger partial charge in [0.25, 0.3) is 0 Å². The average molecular weight is 752 g/mol. The van der Waals surface area contributed by atoms with Gasteiger partial charge in [-0.1, -0.05) is 84.0 Å². The van der Waals surface area contributed by atoms with Gasteiger partial charge in [0, 0.05) is 30.5 Å². The van der Waals surface area contributed by atoms with E-state index in [2.05, 4.69) is 22.1 Å². The summed E-state index contributed by atoms with van der Waals surface area (Å²) in [5.74, 6) is 1.10. The number of hydrogen-bond acceptors (Lipinski definition) is 11. The molecule has 0 radical (unpaired) electrons. The van der Waals surface area contributed by atoms with Crippen LogP contribution in [-0.4, -0.2) is 90.1 Å². The van der Waals surface area contributed by atoms with Crippen molar-refractivity contribution in [2.75, 3.05) is 26.3 Å². The third-order valence-electron chi connectivity index (χ3n) is 11.7. The van der Waals surface area contributed by atoms with Gasteiger partial charge in [0.2, 0.25) is 0 Å². The molecular weight excluding hydrogens is 683 g/mol. The number of fused-ring (bicyclic) bond motifs is 1. The maximum Gasteiger partial charge on any atom is 0.337 e. The summed E-state index contributed by atoms with van der Waals surface area (Å²) >= 11 is 0. The van der Waals surface area contributed by atoms with Crippen LogP contribution in [0.1, 0.15) is 155 Å². The van der Waals surface area contributed by atoms with Crippen molar-refractivity contribution >= 4 is 29.8 Å². The number of esters is 2. The van der Waals surface area contributed by atoms with E-state index in [1.165, 1.54) is 38.5 Å². The minimum atomic E-state index is -0.281. The van der Waals surface area contributed by atoms with Crippen molar-refractivity contribution < 1.29 is 19.1 Å². The van der Waals surface area contributed by atoms with Gasteiger partial charge < -0.3 is 41.8 Å². The predicted octanol–water partition coefficient (Wildman–Crippen LogP) is 5.88. The molecule has 0 aromatic carbocycles. The second-order valence-electron chi connectivity index (χ2n) is 15.9. The molecule has 0 spiro atoms. The highest BCUT2D eigenvalue weighted by atomic mass is 16.5. The largest absolute Gasteiger partial charge is 0.462 e. The molecule has 5 rings (SSSR count). The first-order chi connectivity index (χ1) is 26.3. The molecule has 2 saturated heterocycles. The number of allylic oxidation sites excluding steroid dienone is 2. The highest BCUT2D eigenvalue weighted by Gasteiger charge is 2.46. The van der Waals surface area contributed by atoms with Crippen LogP contribution in [0.3, 0.4) is 0 Å². The Morgan fingerprint density at radius 2 is 1.48 bits per heavy atom. The molecule has 0 bridgehead atoms. The minimum absolute atomic E-state index is 0.0736. The number of unbranched alkanes of at least 4 members (excludes halogenated alkanes) is 12. The Bertz CT molecular complexity index is 1420. The molecule has 13 nitrogen and oxygen atoms in total. The van der Waals surface area contributed by atoms with Gasteiger partial charge in [-0.05, 0) is 71.1 Å². The van der Waals surface area contributed by atoms with Gasteiger partial charge in [-0.25, -0.2) is 19.6 Å². The third-order valence-corrected chi connectivity index (χ3v) is 11.7. The number of carbonyl (C=O) groups is 2. The van der Waals surface area contributed by atoms with Gasteiger partial charge in [0.1, 0.15) is 0 Å². The van der Waals surface area contributed by atoms with Crippen LogP contribution in [0.2, 0.25) is 0 Å². The van der Waals surface area contributed by atoms with Crippen molar-refractivity contribution in [2.24, 2.45) is 32.2 Å². The van der Waals surface area contributed by atoms with Gasteiger partial charge in [-0.2, -0.15) is 0 Å². The van der Waals surface area contributed by atoms with Crippen molar-refractivity contribution in [3.63, 3.8) is 0 Å². The fourth-order valence-electron chi connectivity index (χ4n) is 8.93. The predicted molar refractivity (Wildman–Crippen MR) is 215 cm³/mol. The second-order valence-corrected chi connectivity index (χ2v) is 15.9. The molecule has 7 N–H and O–H groups in total. The van der Waals surface area contributed by atoms with Crippen LogP contribution in [-0.2, 0) is 19.1 Å². The molecule has 0 saturated carbocycles. The van der Waals surface area contributed by atoms with Crippen molar-refractivity contribution in [1.29, 1.82) is 0 Å². The number of hydrogen-bond donors (Lipinski definition) is 4. The Morgan fingerprint density at radius 3 is 2.20 bits per heavy atom. The van der Waals surface area contributed by atoms with Gasteiger partial charge in [-0.15, -0.1) is 0 Å². The zero-order valence-corrected chi connectivity index (χ0v) is 33.3. The number of rotatable bonds is 24. The van der Waals surface area contributed by atoms with E-state index in [-0.39, 0.29) is 30.0 Å². The standard InChI is InChI=1S/C41H69N9O4/c1-3-4-5-6-10-13-19-30-28-31-22-23-34-35(29(2)46-41(47-30)50(31)34)37(51)53-26-16-12-9-7-8-11-14-20-32-36(33-21-18-25-49(33)40(44)48-32)38(52)54-27-17-15-24-45-39(42)43/h30-32,34H,3-28H2,1-2H3,(H2,44,48)(H,46,47)(H4,42,43,45)/t30-,31+,32?,34-/m0/s1. The number of aliphatic imine (C=N–C) groups is 3. The summed E-state index contributed by atoms with van der Waals surface area (Å²) in [7, 11) is 0. The lowest BCUT2D eigenvalue weighted by molar-refractivity contribution is -0.140. The molecule has 0 amide bonds. The van der Waals surface area contributed by atoms with E-state index in [0.717, 1.165) is 126 Å². The van der Waals surface area contributed by atoms with E-state index in [1.807, 2.05) is 11.8 Å². The molecule has 1 unspecified atom stereocenters. The quantitative estimate of drug-likeness (QED) is 0.0402. The summed E-state index contributed by atoms with van der Waals surface area (Å²) in [6.07, 6.45) is 23.5.